The Balaban J connectivity index is 0.00000208. The first kappa shape index (κ1) is 18.7. The maximum atomic E-state index is 12.5. The third kappa shape index (κ3) is 3.57. The highest BCUT2D eigenvalue weighted by Gasteiger charge is 2.57. The molecule has 2 amide bonds. The van der Waals surface area contributed by atoms with Crippen molar-refractivity contribution in [3.63, 3.8) is 0 Å². The average molecular weight is 352 g/mol. The van der Waals surface area contributed by atoms with Crippen LogP contribution in [0.15, 0.2) is 18.2 Å². The molecule has 1 aromatic carbocycles. The second kappa shape index (κ2) is 7.11. The summed E-state index contributed by atoms with van der Waals surface area (Å²) in [5, 5.41) is 6.36. The second-order valence-corrected chi connectivity index (χ2v) is 7.09. The predicted molar refractivity (Wildman–Crippen MR) is 97.7 cm³/mol. The number of rotatable bonds is 3. The van der Waals surface area contributed by atoms with Gasteiger partial charge in [-0.2, -0.15) is 0 Å². The van der Waals surface area contributed by atoms with Crippen molar-refractivity contribution in [1.29, 1.82) is 0 Å². The van der Waals surface area contributed by atoms with Crippen LogP contribution in [0.1, 0.15) is 35.2 Å². The van der Waals surface area contributed by atoms with Crippen molar-refractivity contribution in [2.24, 2.45) is 11.3 Å². The zero-order valence-corrected chi connectivity index (χ0v) is 15.3. The highest BCUT2D eigenvalue weighted by Crippen LogP contribution is 2.58. The summed E-state index contributed by atoms with van der Waals surface area (Å²) in [6, 6.07) is 5.55. The van der Waals surface area contributed by atoms with Gasteiger partial charge in [0.25, 0.3) is 5.91 Å². The molecule has 5 nitrogen and oxygen atoms in total. The first-order valence-corrected chi connectivity index (χ1v) is 8.27. The standard InChI is InChI=1S/C18H25N3O2.ClH/c1-12-4-5-13(10-14(12)17(23)21(2)3)20-16(22)15-11-18(15)6-8-19-9-7-18;/h4-5,10,15,19H,6-9,11H2,1-3H3,(H,20,22);1H. The van der Waals surface area contributed by atoms with E-state index in [0.717, 1.165) is 37.9 Å². The smallest absolute Gasteiger partial charge is 0.253 e. The maximum absolute atomic E-state index is 12.5. The molecule has 2 N–H and O–H groups in total. The van der Waals surface area contributed by atoms with Gasteiger partial charge in [-0.3, -0.25) is 9.59 Å². The molecule has 1 heterocycles. The molecule has 3 rings (SSSR count). The van der Waals surface area contributed by atoms with E-state index in [4.69, 9.17) is 0 Å². The monoisotopic (exact) mass is 351 g/mol. The van der Waals surface area contributed by atoms with E-state index >= 15 is 0 Å². The molecule has 24 heavy (non-hydrogen) atoms. The highest BCUT2D eigenvalue weighted by atomic mass is 35.5. The number of halogens is 1. The van der Waals surface area contributed by atoms with E-state index in [0.29, 0.717) is 11.3 Å². The fourth-order valence-electron chi connectivity index (χ4n) is 3.60. The van der Waals surface area contributed by atoms with E-state index in [1.54, 1.807) is 25.1 Å². The Bertz CT molecular complexity index is 639. The average Bonchev–Trinajstić information content (AvgIpc) is 3.22. The van der Waals surface area contributed by atoms with Gasteiger partial charge < -0.3 is 15.5 Å². The number of nitrogens with one attached hydrogen (secondary N) is 2. The fraction of sp³-hybridized carbons (Fsp3) is 0.556. The summed E-state index contributed by atoms with van der Waals surface area (Å²) >= 11 is 0. The molecule has 1 unspecified atom stereocenters. The van der Waals surface area contributed by atoms with Crippen molar-refractivity contribution in [3.05, 3.63) is 29.3 Å². The molecular formula is C18H26ClN3O2. The van der Waals surface area contributed by atoms with Gasteiger partial charge in [0.05, 0.1) is 0 Å². The van der Waals surface area contributed by atoms with Crippen molar-refractivity contribution < 1.29 is 9.59 Å². The lowest BCUT2D eigenvalue weighted by Crippen LogP contribution is -2.31. The Morgan fingerprint density at radius 1 is 1.25 bits per heavy atom. The van der Waals surface area contributed by atoms with E-state index in [1.165, 1.54) is 0 Å². The number of carbonyl (C=O) groups excluding carboxylic acids is 2. The second-order valence-electron chi connectivity index (χ2n) is 7.09. The predicted octanol–water partition coefficient (Wildman–Crippen LogP) is 2.45. The van der Waals surface area contributed by atoms with Crippen molar-refractivity contribution in [1.82, 2.24) is 10.2 Å². The molecule has 132 valence electrons. The van der Waals surface area contributed by atoms with Crippen LogP contribution in [0, 0.1) is 18.3 Å². The van der Waals surface area contributed by atoms with Crippen LogP contribution in [0.2, 0.25) is 0 Å². The zero-order chi connectivity index (χ0) is 16.6. The molecule has 1 spiro atoms. The molecule has 0 bridgehead atoms. The van der Waals surface area contributed by atoms with Crippen LogP contribution < -0.4 is 10.6 Å². The highest BCUT2D eigenvalue weighted by molar-refractivity contribution is 5.99. The van der Waals surface area contributed by atoms with Crippen LogP contribution in [-0.2, 0) is 4.79 Å². The Hall–Kier alpha value is -1.59. The van der Waals surface area contributed by atoms with Crippen molar-refractivity contribution in [2.45, 2.75) is 26.2 Å². The molecule has 1 atom stereocenters. The number of benzene rings is 1. The van der Waals surface area contributed by atoms with Gasteiger partial charge in [-0.15, -0.1) is 12.4 Å². The molecule has 6 heteroatoms. The largest absolute Gasteiger partial charge is 0.345 e. The summed E-state index contributed by atoms with van der Waals surface area (Å²) in [6.07, 6.45) is 3.17. The van der Waals surface area contributed by atoms with E-state index in [-0.39, 0.29) is 35.6 Å². The normalized spacial score (nSPS) is 20.9. The third-order valence-electron chi connectivity index (χ3n) is 5.25. The summed E-state index contributed by atoms with van der Waals surface area (Å²) in [5.41, 5.74) is 2.49. The first-order chi connectivity index (χ1) is 10.9. The van der Waals surface area contributed by atoms with E-state index in [2.05, 4.69) is 10.6 Å². The van der Waals surface area contributed by atoms with Crippen molar-refractivity contribution in [2.75, 3.05) is 32.5 Å². The Labute approximate surface area is 149 Å². The number of piperidine rings is 1. The summed E-state index contributed by atoms with van der Waals surface area (Å²) in [6.45, 7) is 3.93. The molecule has 1 aliphatic heterocycles. The Morgan fingerprint density at radius 3 is 2.54 bits per heavy atom. The number of carbonyl (C=O) groups is 2. The van der Waals surface area contributed by atoms with Gasteiger partial charge in [0.1, 0.15) is 0 Å². The van der Waals surface area contributed by atoms with Crippen LogP contribution in [0.4, 0.5) is 5.69 Å². The molecule has 1 aliphatic carbocycles. The summed E-state index contributed by atoms with van der Waals surface area (Å²) < 4.78 is 0. The lowest BCUT2D eigenvalue weighted by Gasteiger charge is -2.23. The quantitative estimate of drug-likeness (QED) is 0.879. The summed E-state index contributed by atoms with van der Waals surface area (Å²) in [7, 11) is 3.47. The summed E-state index contributed by atoms with van der Waals surface area (Å²) in [4.78, 5) is 26.3. The first-order valence-electron chi connectivity index (χ1n) is 8.27. The maximum Gasteiger partial charge on any atom is 0.253 e. The lowest BCUT2D eigenvalue weighted by atomic mass is 9.91. The number of amides is 2. The molecule has 1 saturated carbocycles. The molecule has 1 aromatic rings. The molecule has 0 radical (unpaired) electrons. The molecule has 2 aliphatic rings. The Kier molecular flexibility index (Phi) is 5.56. The SMILES string of the molecule is Cc1ccc(NC(=O)C2CC23CCNCC3)cc1C(=O)N(C)C.Cl. The minimum absolute atomic E-state index is 0. The number of nitrogens with zero attached hydrogens (tertiary/aromatic N) is 1. The van der Waals surface area contributed by atoms with Gasteiger partial charge in [-0.05, 0) is 62.4 Å². The van der Waals surface area contributed by atoms with Gasteiger partial charge in [0, 0.05) is 31.3 Å². The number of anilines is 1. The van der Waals surface area contributed by atoms with Crippen molar-refractivity contribution in [3.8, 4) is 0 Å². The molecule has 1 saturated heterocycles. The Morgan fingerprint density at radius 2 is 1.92 bits per heavy atom. The topological polar surface area (TPSA) is 61.4 Å². The van der Waals surface area contributed by atoms with Gasteiger partial charge in [-0.1, -0.05) is 6.07 Å². The van der Waals surface area contributed by atoms with Crippen LogP contribution in [-0.4, -0.2) is 43.9 Å². The van der Waals surface area contributed by atoms with Crippen LogP contribution in [0.25, 0.3) is 0 Å². The van der Waals surface area contributed by atoms with Gasteiger partial charge in [0.2, 0.25) is 5.91 Å². The van der Waals surface area contributed by atoms with Crippen LogP contribution >= 0.6 is 12.4 Å². The van der Waals surface area contributed by atoms with Gasteiger partial charge in [0.15, 0.2) is 0 Å². The summed E-state index contributed by atoms with van der Waals surface area (Å²) in [5.74, 6) is 0.178. The minimum atomic E-state index is -0.0418. The number of hydrogen-bond acceptors (Lipinski definition) is 3. The lowest BCUT2D eigenvalue weighted by molar-refractivity contribution is -0.118. The third-order valence-corrected chi connectivity index (χ3v) is 5.25. The molecule has 2 fully saturated rings. The molecule has 0 aromatic heterocycles. The van der Waals surface area contributed by atoms with Gasteiger partial charge >= 0.3 is 0 Å². The van der Waals surface area contributed by atoms with E-state index in [1.807, 2.05) is 19.1 Å². The van der Waals surface area contributed by atoms with Gasteiger partial charge in [-0.25, -0.2) is 0 Å². The van der Waals surface area contributed by atoms with E-state index < -0.39 is 0 Å². The zero-order valence-electron chi connectivity index (χ0n) is 14.5. The van der Waals surface area contributed by atoms with Crippen molar-refractivity contribution >= 4 is 29.9 Å². The number of hydrogen-bond donors (Lipinski definition) is 2. The van der Waals surface area contributed by atoms with Crippen LogP contribution in [0.3, 0.4) is 0 Å². The minimum Gasteiger partial charge on any atom is -0.345 e. The molecular weight excluding hydrogens is 326 g/mol. The fourth-order valence-corrected chi connectivity index (χ4v) is 3.60. The van der Waals surface area contributed by atoms with Crippen LogP contribution in [0.5, 0.6) is 0 Å². The van der Waals surface area contributed by atoms with E-state index in [9.17, 15) is 9.59 Å². The number of aryl methyl sites for hydroxylation is 1.